The second-order valence-corrected chi connectivity index (χ2v) is 7.05. The van der Waals surface area contributed by atoms with Gasteiger partial charge in [0, 0.05) is 23.0 Å². The Morgan fingerprint density at radius 1 is 1.14 bits per heavy atom. The minimum atomic E-state index is -0.268. The molecule has 1 heterocycles. The molecule has 0 aliphatic rings. The van der Waals surface area contributed by atoms with Gasteiger partial charge < -0.3 is 9.47 Å². The molecule has 150 valence electrons. The van der Waals surface area contributed by atoms with E-state index in [4.69, 9.17) is 21.1 Å². The van der Waals surface area contributed by atoms with E-state index in [0.717, 1.165) is 11.4 Å². The van der Waals surface area contributed by atoms with Crippen molar-refractivity contribution in [3.63, 3.8) is 0 Å². The van der Waals surface area contributed by atoms with Crippen LogP contribution in [0.15, 0.2) is 28.5 Å². The van der Waals surface area contributed by atoms with Crippen molar-refractivity contribution in [2.75, 3.05) is 19.0 Å². The maximum absolute atomic E-state index is 12.0. The summed E-state index contributed by atoms with van der Waals surface area (Å²) in [6.07, 6.45) is 1.47. The molecule has 0 atom stereocenters. The average molecular weight is 423 g/mol. The molecular formula is C19H23ClN4O3S. The molecule has 1 aromatic carbocycles. The van der Waals surface area contributed by atoms with Crippen LogP contribution in [0.4, 0.5) is 0 Å². The summed E-state index contributed by atoms with van der Waals surface area (Å²) in [4.78, 5) is 20.6. The summed E-state index contributed by atoms with van der Waals surface area (Å²) >= 11 is 7.52. The summed E-state index contributed by atoms with van der Waals surface area (Å²) in [6, 6.07) is 5.28. The van der Waals surface area contributed by atoms with Gasteiger partial charge in [0.1, 0.15) is 0 Å². The zero-order chi connectivity index (χ0) is 20.5. The molecule has 0 aliphatic heterocycles. The highest BCUT2D eigenvalue weighted by Gasteiger charge is 2.10. The van der Waals surface area contributed by atoms with Gasteiger partial charge >= 0.3 is 0 Å². The predicted octanol–water partition coefficient (Wildman–Crippen LogP) is 3.79. The molecule has 1 aromatic heterocycles. The van der Waals surface area contributed by atoms with E-state index in [1.54, 1.807) is 12.1 Å². The molecule has 0 bridgehead atoms. The first-order valence-electron chi connectivity index (χ1n) is 8.79. The number of rotatable bonds is 9. The van der Waals surface area contributed by atoms with Crippen LogP contribution in [0.2, 0.25) is 5.02 Å². The van der Waals surface area contributed by atoms with Crippen molar-refractivity contribution in [3.05, 3.63) is 40.2 Å². The van der Waals surface area contributed by atoms with Crippen molar-refractivity contribution in [1.82, 2.24) is 15.4 Å². The second kappa shape index (κ2) is 10.9. The molecule has 28 heavy (non-hydrogen) atoms. The SMILES string of the molecule is CCOc1cc(Cl)c(/C=N\NC(=O)CSc2nc(C)cc(C)n2)cc1OCC. The molecule has 0 saturated carbocycles. The van der Waals surface area contributed by atoms with E-state index >= 15 is 0 Å². The first kappa shape index (κ1) is 22.0. The third-order valence-corrected chi connectivity index (χ3v) is 4.52. The van der Waals surface area contributed by atoms with Gasteiger partial charge in [0.05, 0.1) is 30.2 Å². The number of hydrogen-bond acceptors (Lipinski definition) is 7. The normalized spacial score (nSPS) is 10.9. The highest BCUT2D eigenvalue weighted by Crippen LogP contribution is 2.33. The first-order chi connectivity index (χ1) is 13.4. The molecule has 2 aromatic rings. The Morgan fingerprint density at radius 3 is 2.36 bits per heavy atom. The van der Waals surface area contributed by atoms with Crippen molar-refractivity contribution in [2.45, 2.75) is 32.9 Å². The number of nitrogens with one attached hydrogen (secondary N) is 1. The molecule has 0 saturated heterocycles. The lowest BCUT2D eigenvalue weighted by atomic mass is 10.2. The maximum atomic E-state index is 12.0. The van der Waals surface area contributed by atoms with Crippen LogP contribution in [-0.2, 0) is 4.79 Å². The number of hydrazone groups is 1. The molecule has 7 nitrogen and oxygen atoms in total. The Labute approximate surface area is 173 Å². The number of aryl methyl sites for hydroxylation is 2. The Balaban J connectivity index is 1.97. The van der Waals surface area contributed by atoms with Crippen LogP contribution in [0.25, 0.3) is 0 Å². The largest absolute Gasteiger partial charge is 0.490 e. The number of carbonyl (C=O) groups excluding carboxylic acids is 1. The topological polar surface area (TPSA) is 85.7 Å². The van der Waals surface area contributed by atoms with Crippen LogP contribution < -0.4 is 14.9 Å². The number of thioether (sulfide) groups is 1. The molecule has 0 radical (unpaired) electrons. The van der Waals surface area contributed by atoms with Gasteiger partial charge in [-0.2, -0.15) is 5.10 Å². The summed E-state index contributed by atoms with van der Waals surface area (Å²) in [5.41, 5.74) is 4.81. The van der Waals surface area contributed by atoms with Crippen molar-refractivity contribution in [1.29, 1.82) is 0 Å². The van der Waals surface area contributed by atoms with E-state index in [1.807, 2.05) is 33.8 Å². The van der Waals surface area contributed by atoms with Gasteiger partial charge in [-0.25, -0.2) is 15.4 Å². The minimum Gasteiger partial charge on any atom is -0.490 e. The number of hydrogen-bond donors (Lipinski definition) is 1. The standard InChI is InChI=1S/C19H23ClN4O3S/c1-5-26-16-8-14(15(20)9-17(16)27-6-2)10-21-24-18(25)11-28-19-22-12(3)7-13(4)23-19/h7-10H,5-6,11H2,1-4H3,(H,24,25)/b21-10-. The van der Waals surface area contributed by atoms with Crippen LogP contribution in [0.5, 0.6) is 11.5 Å². The minimum absolute atomic E-state index is 0.154. The molecule has 0 spiro atoms. The van der Waals surface area contributed by atoms with E-state index in [2.05, 4.69) is 20.5 Å². The lowest BCUT2D eigenvalue weighted by Crippen LogP contribution is -2.19. The number of benzene rings is 1. The average Bonchev–Trinajstić information content (AvgIpc) is 2.63. The summed E-state index contributed by atoms with van der Waals surface area (Å²) in [5.74, 6) is 1.03. The Bertz CT molecular complexity index is 841. The fourth-order valence-electron chi connectivity index (χ4n) is 2.28. The van der Waals surface area contributed by atoms with Crippen molar-refractivity contribution >= 4 is 35.5 Å². The quantitative estimate of drug-likeness (QED) is 0.286. The van der Waals surface area contributed by atoms with Gasteiger partial charge in [0.25, 0.3) is 5.91 Å². The number of amides is 1. The van der Waals surface area contributed by atoms with E-state index in [9.17, 15) is 4.79 Å². The van der Waals surface area contributed by atoms with E-state index < -0.39 is 0 Å². The van der Waals surface area contributed by atoms with Crippen molar-refractivity contribution in [2.24, 2.45) is 5.10 Å². The molecule has 1 N–H and O–H groups in total. The number of ether oxygens (including phenoxy) is 2. The van der Waals surface area contributed by atoms with Crippen LogP contribution in [-0.4, -0.2) is 41.1 Å². The highest BCUT2D eigenvalue weighted by atomic mass is 35.5. The van der Waals surface area contributed by atoms with E-state index in [-0.39, 0.29) is 11.7 Å². The summed E-state index contributed by atoms with van der Waals surface area (Å²) in [6.45, 7) is 8.54. The van der Waals surface area contributed by atoms with Crippen LogP contribution in [0.3, 0.4) is 0 Å². The van der Waals surface area contributed by atoms with Gasteiger partial charge in [0.2, 0.25) is 0 Å². The van der Waals surface area contributed by atoms with Gasteiger partial charge in [-0.05, 0) is 39.8 Å². The molecule has 0 fully saturated rings. The summed E-state index contributed by atoms with van der Waals surface area (Å²) in [5, 5.41) is 4.98. The van der Waals surface area contributed by atoms with E-state index in [0.29, 0.717) is 40.5 Å². The number of aromatic nitrogens is 2. The third kappa shape index (κ3) is 6.69. The molecular weight excluding hydrogens is 400 g/mol. The van der Waals surface area contributed by atoms with E-state index in [1.165, 1.54) is 18.0 Å². The lowest BCUT2D eigenvalue weighted by molar-refractivity contribution is -0.118. The smallest absolute Gasteiger partial charge is 0.250 e. The number of nitrogens with zero attached hydrogens (tertiary/aromatic N) is 3. The second-order valence-electron chi connectivity index (χ2n) is 5.70. The third-order valence-electron chi connectivity index (χ3n) is 3.35. The maximum Gasteiger partial charge on any atom is 0.250 e. The number of halogens is 1. The van der Waals surface area contributed by atoms with Gasteiger partial charge in [0.15, 0.2) is 16.7 Å². The number of carbonyl (C=O) groups is 1. The fourth-order valence-corrected chi connectivity index (χ4v) is 3.22. The zero-order valence-electron chi connectivity index (χ0n) is 16.3. The molecule has 9 heteroatoms. The fraction of sp³-hybridized carbons (Fsp3) is 0.368. The van der Waals surface area contributed by atoms with Gasteiger partial charge in [-0.3, -0.25) is 4.79 Å². The Hall–Kier alpha value is -2.32. The van der Waals surface area contributed by atoms with Crippen LogP contribution in [0.1, 0.15) is 30.8 Å². The van der Waals surface area contributed by atoms with Crippen LogP contribution in [0, 0.1) is 13.8 Å². The molecule has 1 amide bonds. The molecule has 0 aliphatic carbocycles. The summed E-state index contributed by atoms with van der Waals surface area (Å²) in [7, 11) is 0. The Kier molecular flexibility index (Phi) is 8.53. The van der Waals surface area contributed by atoms with Gasteiger partial charge in [-0.1, -0.05) is 23.4 Å². The zero-order valence-corrected chi connectivity index (χ0v) is 17.9. The first-order valence-corrected chi connectivity index (χ1v) is 10.1. The Morgan fingerprint density at radius 2 is 1.75 bits per heavy atom. The van der Waals surface area contributed by atoms with Crippen LogP contribution >= 0.6 is 23.4 Å². The highest BCUT2D eigenvalue weighted by molar-refractivity contribution is 7.99. The predicted molar refractivity (Wildman–Crippen MR) is 112 cm³/mol. The monoisotopic (exact) mass is 422 g/mol. The molecule has 2 rings (SSSR count). The van der Waals surface area contributed by atoms with Crippen molar-refractivity contribution in [3.8, 4) is 11.5 Å². The lowest BCUT2D eigenvalue weighted by Gasteiger charge is -2.12. The molecule has 0 unspecified atom stereocenters. The van der Waals surface area contributed by atoms with Crippen molar-refractivity contribution < 1.29 is 14.3 Å². The van der Waals surface area contributed by atoms with Gasteiger partial charge in [-0.15, -0.1) is 0 Å². The summed E-state index contributed by atoms with van der Waals surface area (Å²) < 4.78 is 11.1.